The normalized spacial score (nSPS) is 18.3. The van der Waals surface area contributed by atoms with Crippen molar-refractivity contribution in [3.05, 3.63) is 71.6 Å². The van der Waals surface area contributed by atoms with Crippen LogP contribution in [-0.4, -0.2) is 11.1 Å². The van der Waals surface area contributed by atoms with Gasteiger partial charge in [-0.3, -0.25) is 0 Å². The van der Waals surface area contributed by atoms with Crippen LogP contribution in [0.3, 0.4) is 0 Å². The van der Waals surface area contributed by atoms with Crippen LogP contribution in [0.2, 0.25) is 0 Å². The lowest BCUT2D eigenvalue weighted by atomic mass is 10.0. The molecule has 1 heterocycles. The zero-order valence-corrected chi connectivity index (χ0v) is 11.1. The summed E-state index contributed by atoms with van der Waals surface area (Å²) < 4.78 is 0. The highest BCUT2D eigenvalue weighted by atomic mass is 32.2. The van der Waals surface area contributed by atoms with Gasteiger partial charge in [0.05, 0.1) is 0 Å². The number of allylic oxidation sites excluding steroid dienone is 1. The molecule has 0 saturated heterocycles. The van der Waals surface area contributed by atoms with Crippen LogP contribution in [-0.2, 0) is 0 Å². The summed E-state index contributed by atoms with van der Waals surface area (Å²) in [5.41, 5.74) is 3.91. The summed E-state index contributed by atoms with van der Waals surface area (Å²) in [7, 11) is 0.365. The lowest BCUT2D eigenvalue weighted by molar-refractivity contribution is 1.28. The predicted molar refractivity (Wildman–Crippen MR) is 83.3 cm³/mol. The van der Waals surface area contributed by atoms with Gasteiger partial charge < -0.3 is 0 Å². The Morgan fingerprint density at radius 3 is 2.22 bits per heavy atom. The number of hydrogen-bond donors (Lipinski definition) is 0. The van der Waals surface area contributed by atoms with Crippen molar-refractivity contribution in [2.45, 2.75) is 6.42 Å². The Bertz CT molecular complexity index is 577. The maximum atomic E-state index is 2.39. The molecule has 0 amide bonds. The van der Waals surface area contributed by atoms with Crippen LogP contribution in [0.15, 0.2) is 66.1 Å². The van der Waals surface area contributed by atoms with Gasteiger partial charge in [0.25, 0.3) is 0 Å². The molecule has 0 spiro atoms. The second kappa shape index (κ2) is 5.36. The molecule has 0 radical (unpaired) electrons. The standard InChI is InChI=1S/C17H16S/c1-2-6-16(7-3-1)17-10-8-15(9-11-17)14-18-12-4-5-13-18/h1-4,6-12,14H,5,13H2. The van der Waals surface area contributed by atoms with Gasteiger partial charge in [-0.15, -0.1) is 0 Å². The van der Waals surface area contributed by atoms with Crippen molar-refractivity contribution in [1.82, 2.24) is 0 Å². The highest BCUT2D eigenvalue weighted by Crippen LogP contribution is 2.24. The Balaban J connectivity index is 1.85. The fourth-order valence-electron chi connectivity index (χ4n) is 2.12. The molecular formula is C17H16S. The topological polar surface area (TPSA) is 0 Å². The Morgan fingerprint density at radius 1 is 0.833 bits per heavy atom. The maximum absolute atomic E-state index is 2.39. The van der Waals surface area contributed by atoms with Gasteiger partial charge in [-0.1, -0.05) is 60.7 Å². The molecule has 0 bridgehead atoms. The minimum Gasteiger partial charge on any atom is -0.161 e. The van der Waals surface area contributed by atoms with Crippen LogP contribution in [0.25, 0.3) is 11.1 Å². The van der Waals surface area contributed by atoms with Crippen molar-refractivity contribution < 1.29 is 0 Å². The Hall–Kier alpha value is -1.60. The molecule has 90 valence electrons. The average Bonchev–Trinajstić information content (AvgIpc) is 2.94. The van der Waals surface area contributed by atoms with Crippen LogP contribution < -0.4 is 0 Å². The number of benzene rings is 2. The zero-order valence-electron chi connectivity index (χ0n) is 10.3. The molecule has 1 unspecified atom stereocenters. The van der Waals surface area contributed by atoms with Gasteiger partial charge in [-0.25, -0.2) is 0 Å². The minimum atomic E-state index is 0.365. The van der Waals surface area contributed by atoms with E-state index in [0.717, 1.165) is 0 Å². The molecule has 18 heavy (non-hydrogen) atoms. The monoisotopic (exact) mass is 252 g/mol. The van der Waals surface area contributed by atoms with Crippen molar-refractivity contribution in [3.63, 3.8) is 0 Å². The van der Waals surface area contributed by atoms with E-state index in [-0.39, 0.29) is 0 Å². The van der Waals surface area contributed by atoms with Gasteiger partial charge in [0.1, 0.15) is 0 Å². The molecule has 1 aliphatic rings. The number of rotatable bonds is 2. The van der Waals surface area contributed by atoms with E-state index in [9.17, 15) is 0 Å². The molecule has 2 aromatic rings. The second-order valence-electron chi connectivity index (χ2n) is 4.44. The van der Waals surface area contributed by atoms with Crippen LogP contribution in [0.4, 0.5) is 0 Å². The van der Waals surface area contributed by atoms with Gasteiger partial charge in [0.2, 0.25) is 0 Å². The van der Waals surface area contributed by atoms with E-state index in [0.29, 0.717) is 10.5 Å². The lowest BCUT2D eigenvalue weighted by Crippen LogP contribution is -1.83. The van der Waals surface area contributed by atoms with Crippen LogP contribution in [0.5, 0.6) is 0 Å². The fraction of sp³-hybridized carbons (Fsp3) is 0.118. The quantitative estimate of drug-likeness (QED) is 0.680. The highest BCUT2D eigenvalue weighted by Gasteiger charge is 1.99. The lowest BCUT2D eigenvalue weighted by Gasteiger charge is -2.02. The zero-order chi connectivity index (χ0) is 12.2. The van der Waals surface area contributed by atoms with Crippen molar-refractivity contribution in [2.75, 3.05) is 5.75 Å². The van der Waals surface area contributed by atoms with E-state index >= 15 is 0 Å². The molecule has 0 aliphatic carbocycles. The SMILES string of the molecule is C1=CS(=Cc2ccc(-c3ccccc3)cc2)CC1. The first-order chi connectivity index (χ1) is 8.92. The van der Waals surface area contributed by atoms with Gasteiger partial charge in [0.15, 0.2) is 0 Å². The third-order valence-electron chi connectivity index (χ3n) is 3.10. The molecule has 1 heteroatoms. The molecule has 1 aliphatic heterocycles. The summed E-state index contributed by atoms with van der Waals surface area (Å²) >= 11 is 0. The first kappa shape index (κ1) is 11.5. The van der Waals surface area contributed by atoms with E-state index in [4.69, 9.17) is 0 Å². The predicted octanol–water partition coefficient (Wildman–Crippen LogP) is 4.69. The molecule has 0 fully saturated rings. The Kier molecular flexibility index (Phi) is 3.42. The van der Waals surface area contributed by atoms with E-state index in [1.807, 2.05) is 0 Å². The largest absolute Gasteiger partial charge is 0.161 e. The smallest absolute Gasteiger partial charge is 0.00439 e. The van der Waals surface area contributed by atoms with Gasteiger partial charge >= 0.3 is 0 Å². The summed E-state index contributed by atoms with van der Waals surface area (Å²) in [6, 6.07) is 19.4. The first-order valence-electron chi connectivity index (χ1n) is 6.27. The summed E-state index contributed by atoms with van der Waals surface area (Å²) in [4.78, 5) is 0. The van der Waals surface area contributed by atoms with Gasteiger partial charge in [-0.05, 0) is 39.6 Å². The molecule has 0 N–H and O–H groups in total. The van der Waals surface area contributed by atoms with Crippen molar-refractivity contribution in [3.8, 4) is 11.1 Å². The molecular weight excluding hydrogens is 236 g/mol. The van der Waals surface area contributed by atoms with E-state index < -0.39 is 0 Å². The number of hydrogen-bond acceptors (Lipinski definition) is 0. The molecule has 0 nitrogen and oxygen atoms in total. The van der Waals surface area contributed by atoms with E-state index in [2.05, 4.69) is 71.4 Å². The average molecular weight is 252 g/mol. The third-order valence-corrected chi connectivity index (χ3v) is 4.92. The molecule has 1 atom stereocenters. The molecule has 3 rings (SSSR count). The molecule has 0 saturated carbocycles. The summed E-state index contributed by atoms with van der Waals surface area (Å²) in [5, 5.41) is 4.73. The van der Waals surface area contributed by atoms with Crippen LogP contribution in [0, 0.1) is 0 Å². The maximum Gasteiger partial charge on any atom is -0.00439 e. The molecule has 0 aromatic heterocycles. The van der Waals surface area contributed by atoms with Crippen molar-refractivity contribution in [2.24, 2.45) is 0 Å². The molecule has 2 aromatic carbocycles. The Labute approximate surface area is 111 Å². The highest BCUT2D eigenvalue weighted by molar-refractivity contribution is 8.17. The van der Waals surface area contributed by atoms with E-state index in [1.54, 1.807) is 0 Å². The third kappa shape index (κ3) is 2.62. The Morgan fingerprint density at radius 2 is 1.56 bits per heavy atom. The van der Waals surface area contributed by atoms with Crippen molar-refractivity contribution in [1.29, 1.82) is 0 Å². The minimum absolute atomic E-state index is 0.365. The van der Waals surface area contributed by atoms with Gasteiger partial charge in [-0.2, -0.15) is 10.5 Å². The summed E-state index contributed by atoms with van der Waals surface area (Å²) in [5.74, 6) is 1.29. The fourth-order valence-corrected chi connectivity index (χ4v) is 3.75. The second-order valence-corrected chi connectivity index (χ2v) is 6.29. The first-order valence-corrected chi connectivity index (χ1v) is 7.79. The summed E-state index contributed by atoms with van der Waals surface area (Å²) in [6.45, 7) is 0. The van der Waals surface area contributed by atoms with Crippen LogP contribution in [0.1, 0.15) is 12.0 Å². The van der Waals surface area contributed by atoms with E-state index in [1.165, 1.54) is 28.9 Å². The van der Waals surface area contributed by atoms with Gasteiger partial charge in [0, 0.05) is 0 Å². The summed E-state index contributed by atoms with van der Waals surface area (Å²) in [6.07, 6.45) is 3.53. The van der Waals surface area contributed by atoms with Crippen molar-refractivity contribution >= 4 is 15.9 Å². The van der Waals surface area contributed by atoms with Crippen LogP contribution >= 0.6 is 10.5 Å².